The van der Waals surface area contributed by atoms with E-state index in [9.17, 15) is 9.59 Å². The Labute approximate surface area is 184 Å². The Balaban J connectivity index is 1.43. The van der Waals surface area contributed by atoms with Crippen LogP contribution in [0.1, 0.15) is 21.1 Å². The normalized spacial score (nSPS) is 11.9. The molecule has 0 bridgehead atoms. The van der Waals surface area contributed by atoms with Crippen LogP contribution in [0.3, 0.4) is 0 Å². The molecule has 31 heavy (non-hydrogen) atoms. The van der Waals surface area contributed by atoms with Crippen molar-refractivity contribution < 1.29 is 9.59 Å². The molecule has 4 rings (SSSR count). The maximum Gasteiger partial charge on any atom is 0.262 e. The van der Waals surface area contributed by atoms with Crippen LogP contribution in [-0.2, 0) is 17.8 Å². The van der Waals surface area contributed by atoms with E-state index < -0.39 is 6.04 Å². The van der Waals surface area contributed by atoms with Crippen molar-refractivity contribution in [2.45, 2.75) is 25.9 Å². The molecule has 2 amide bonds. The van der Waals surface area contributed by atoms with Gasteiger partial charge in [0.2, 0.25) is 5.91 Å². The number of nitrogens with one attached hydrogen (secondary N) is 2. The number of carbonyl (C=O) groups is 2. The minimum Gasteiger partial charge on any atom is -0.353 e. The molecule has 1 unspecified atom stereocenters. The van der Waals surface area contributed by atoms with E-state index in [0.29, 0.717) is 24.4 Å². The lowest BCUT2D eigenvalue weighted by Gasteiger charge is -2.19. The fourth-order valence-corrected chi connectivity index (χ4v) is 4.22. The summed E-state index contributed by atoms with van der Waals surface area (Å²) in [5.41, 5.74) is 2.98. The van der Waals surface area contributed by atoms with Gasteiger partial charge in [-0.1, -0.05) is 48.5 Å². The molecule has 0 aliphatic carbocycles. The standard InChI is InChI=1S/C24H24N4O2S/c1-17-26-19-10-5-6-11-21(19)28(17)14-13-25-23(29)20(16-18-8-3-2-4-9-18)27-24(30)22-12-7-15-31-22/h2-12,15,20H,13-14,16H2,1H3,(H,25,29)(H,27,30). The topological polar surface area (TPSA) is 76.0 Å². The summed E-state index contributed by atoms with van der Waals surface area (Å²) in [7, 11) is 0. The van der Waals surface area contributed by atoms with E-state index in [4.69, 9.17) is 0 Å². The number of aryl methyl sites for hydroxylation is 1. The van der Waals surface area contributed by atoms with Gasteiger partial charge in [-0.2, -0.15) is 0 Å². The second-order valence-electron chi connectivity index (χ2n) is 7.28. The number of para-hydroxylation sites is 2. The zero-order valence-electron chi connectivity index (χ0n) is 17.2. The number of nitrogens with zero attached hydrogens (tertiary/aromatic N) is 2. The van der Waals surface area contributed by atoms with Crippen molar-refractivity contribution in [1.82, 2.24) is 20.2 Å². The largest absolute Gasteiger partial charge is 0.353 e. The first-order chi connectivity index (χ1) is 15.1. The summed E-state index contributed by atoms with van der Waals surface area (Å²) in [5.74, 6) is 0.473. The molecule has 2 aromatic carbocycles. The summed E-state index contributed by atoms with van der Waals surface area (Å²) >= 11 is 1.36. The van der Waals surface area contributed by atoms with Crippen LogP contribution in [0, 0.1) is 6.92 Å². The van der Waals surface area contributed by atoms with Crippen LogP contribution < -0.4 is 10.6 Å². The van der Waals surface area contributed by atoms with Gasteiger partial charge in [0.1, 0.15) is 11.9 Å². The molecule has 7 heteroatoms. The van der Waals surface area contributed by atoms with Crippen LogP contribution >= 0.6 is 11.3 Å². The van der Waals surface area contributed by atoms with E-state index in [1.807, 2.05) is 73.0 Å². The van der Waals surface area contributed by atoms with Crippen molar-refractivity contribution in [1.29, 1.82) is 0 Å². The summed E-state index contributed by atoms with van der Waals surface area (Å²) in [4.78, 5) is 30.7. The van der Waals surface area contributed by atoms with Gasteiger partial charge in [-0.3, -0.25) is 9.59 Å². The number of fused-ring (bicyclic) bond motifs is 1. The van der Waals surface area contributed by atoms with Gasteiger partial charge in [0, 0.05) is 19.5 Å². The third kappa shape index (κ3) is 5.00. The van der Waals surface area contributed by atoms with Crippen LogP contribution in [0.15, 0.2) is 72.1 Å². The van der Waals surface area contributed by atoms with Crippen molar-refractivity contribution in [2.24, 2.45) is 0 Å². The summed E-state index contributed by atoms with van der Waals surface area (Å²) in [6.07, 6.45) is 0.427. The Morgan fingerprint density at radius 3 is 2.58 bits per heavy atom. The first-order valence-corrected chi connectivity index (χ1v) is 11.1. The second-order valence-corrected chi connectivity index (χ2v) is 8.23. The summed E-state index contributed by atoms with van der Waals surface area (Å²) in [6.45, 7) is 3.01. The Bertz CT molecular complexity index is 1170. The highest BCUT2D eigenvalue weighted by molar-refractivity contribution is 7.12. The third-order valence-corrected chi connectivity index (χ3v) is 6.00. The van der Waals surface area contributed by atoms with Crippen molar-refractivity contribution >= 4 is 34.2 Å². The van der Waals surface area contributed by atoms with Gasteiger partial charge < -0.3 is 15.2 Å². The molecular formula is C24H24N4O2S. The minimum atomic E-state index is -0.655. The van der Waals surface area contributed by atoms with Crippen LogP contribution in [0.4, 0.5) is 0 Å². The van der Waals surface area contributed by atoms with Crippen LogP contribution in [0.25, 0.3) is 11.0 Å². The SMILES string of the molecule is Cc1nc2ccccc2n1CCNC(=O)C(Cc1ccccc1)NC(=O)c1cccs1. The molecule has 2 aromatic heterocycles. The van der Waals surface area contributed by atoms with Gasteiger partial charge in [-0.15, -0.1) is 11.3 Å². The fraction of sp³-hybridized carbons (Fsp3) is 0.208. The predicted octanol–water partition coefficient (Wildman–Crippen LogP) is 3.56. The number of aromatic nitrogens is 2. The number of thiophene rings is 1. The summed E-state index contributed by atoms with van der Waals surface area (Å²) < 4.78 is 2.09. The minimum absolute atomic E-state index is 0.198. The number of imidazole rings is 1. The zero-order chi connectivity index (χ0) is 21.6. The number of amides is 2. The highest BCUT2D eigenvalue weighted by Crippen LogP contribution is 2.15. The maximum absolute atomic E-state index is 13.0. The monoisotopic (exact) mass is 432 g/mol. The maximum atomic E-state index is 13.0. The van der Waals surface area contributed by atoms with Crippen molar-refractivity contribution in [3.8, 4) is 0 Å². The molecule has 6 nitrogen and oxygen atoms in total. The molecule has 0 fully saturated rings. The van der Waals surface area contributed by atoms with Gasteiger partial charge >= 0.3 is 0 Å². The smallest absolute Gasteiger partial charge is 0.262 e. The molecule has 0 saturated heterocycles. The van der Waals surface area contributed by atoms with Gasteiger partial charge in [0.25, 0.3) is 5.91 Å². The quantitative estimate of drug-likeness (QED) is 0.447. The van der Waals surface area contributed by atoms with Crippen molar-refractivity contribution in [3.05, 3.63) is 88.4 Å². The van der Waals surface area contributed by atoms with E-state index in [2.05, 4.69) is 20.2 Å². The number of rotatable bonds is 8. The molecule has 0 saturated carbocycles. The zero-order valence-corrected chi connectivity index (χ0v) is 18.1. The lowest BCUT2D eigenvalue weighted by atomic mass is 10.1. The Morgan fingerprint density at radius 2 is 1.81 bits per heavy atom. The molecule has 1 atom stereocenters. The first kappa shape index (κ1) is 20.8. The average molecular weight is 433 g/mol. The molecule has 4 aromatic rings. The van der Waals surface area contributed by atoms with Gasteiger partial charge in [0.05, 0.1) is 15.9 Å². The molecule has 0 radical (unpaired) electrons. The van der Waals surface area contributed by atoms with E-state index in [1.165, 1.54) is 11.3 Å². The lowest BCUT2D eigenvalue weighted by molar-refractivity contribution is -0.123. The van der Waals surface area contributed by atoms with E-state index >= 15 is 0 Å². The number of carbonyl (C=O) groups excluding carboxylic acids is 2. The molecule has 2 heterocycles. The van der Waals surface area contributed by atoms with Gasteiger partial charge in [-0.05, 0) is 36.1 Å². The van der Waals surface area contributed by atoms with Crippen molar-refractivity contribution in [3.63, 3.8) is 0 Å². The average Bonchev–Trinajstić information content (AvgIpc) is 3.42. The Morgan fingerprint density at radius 1 is 1.03 bits per heavy atom. The lowest BCUT2D eigenvalue weighted by Crippen LogP contribution is -2.48. The second kappa shape index (κ2) is 9.57. The van der Waals surface area contributed by atoms with E-state index in [0.717, 1.165) is 22.4 Å². The molecular weight excluding hydrogens is 408 g/mol. The van der Waals surface area contributed by atoms with Crippen LogP contribution in [0.5, 0.6) is 0 Å². The highest BCUT2D eigenvalue weighted by atomic mass is 32.1. The number of hydrogen-bond donors (Lipinski definition) is 2. The van der Waals surface area contributed by atoms with Gasteiger partial charge in [-0.25, -0.2) is 4.98 Å². The fourth-order valence-electron chi connectivity index (χ4n) is 3.59. The third-order valence-electron chi connectivity index (χ3n) is 5.13. The van der Waals surface area contributed by atoms with Crippen molar-refractivity contribution in [2.75, 3.05) is 6.54 Å². The Hall–Kier alpha value is -3.45. The first-order valence-electron chi connectivity index (χ1n) is 10.2. The Kier molecular flexibility index (Phi) is 6.43. The molecule has 0 spiro atoms. The number of hydrogen-bond acceptors (Lipinski definition) is 4. The van der Waals surface area contributed by atoms with E-state index in [1.54, 1.807) is 6.07 Å². The predicted molar refractivity (Wildman–Crippen MR) is 123 cm³/mol. The molecule has 158 valence electrons. The van der Waals surface area contributed by atoms with Crippen LogP contribution in [0.2, 0.25) is 0 Å². The number of benzene rings is 2. The van der Waals surface area contributed by atoms with Gasteiger partial charge in [0.15, 0.2) is 0 Å². The highest BCUT2D eigenvalue weighted by Gasteiger charge is 2.22. The molecule has 2 N–H and O–H groups in total. The van der Waals surface area contributed by atoms with Crippen LogP contribution in [-0.4, -0.2) is 34.0 Å². The molecule has 0 aliphatic heterocycles. The summed E-state index contributed by atoms with van der Waals surface area (Å²) in [6, 6.07) is 20.6. The van der Waals surface area contributed by atoms with E-state index in [-0.39, 0.29) is 11.8 Å². The molecule has 0 aliphatic rings. The summed E-state index contributed by atoms with van der Waals surface area (Å²) in [5, 5.41) is 7.72.